The summed E-state index contributed by atoms with van der Waals surface area (Å²) in [6, 6.07) is 8.52. The first kappa shape index (κ1) is 12.2. The molecule has 2 rings (SSSR count). The fourth-order valence-corrected chi connectivity index (χ4v) is 1.80. The average Bonchev–Trinajstić information content (AvgIpc) is 2.40. The summed E-state index contributed by atoms with van der Waals surface area (Å²) >= 11 is 0. The van der Waals surface area contributed by atoms with E-state index >= 15 is 0 Å². The third-order valence-corrected chi connectivity index (χ3v) is 2.80. The topological polar surface area (TPSA) is 68.9 Å². The summed E-state index contributed by atoms with van der Waals surface area (Å²) in [7, 11) is 0. The predicted octanol–water partition coefficient (Wildman–Crippen LogP) is 2.73. The maximum absolute atomic E-state index is 10.5. The summed E-state index contributed by atoms with van der Waals surface area (Å²) < 4.78 is 0. The molecule has 1 aromatic heterocycles. The highest BCUT2D eigenvalue weighted by molar-refractivity contribution is 5.33. The second kappa shape index (κ2) is 5.35. The Labute approximate surface area is 105 Å². The highest BCUT2D eigenvalue weighted by atomic mass is 16.6. The van der Waals surface area contributed by atoms with Crippen LogP contribution in [0.3, 0.4) is 0 Å². The van der Waals surface area contributed by atoms with Gasteiger partial charge in [-0.3, -0.25) is 10.1 Å². The molecule has 0 radical (unpaired) electrons. The molecular formula is C13H13N3O2. The van der Waals surface area contributed by atoms with Crippen LogP contribution in [0.15, 0.2) is 42.9 Å². The van der Waals surface area contributed by atoms with Crippen molar-refractivity contribution in [2.45, 2.75) is 19.3 Å². The van der Waals surface area contributed by atoms with Gasteiger partial charge in [0.15, 0.2) is 0 Å². The van der Waals surface area contributed by atoms with Crippen LogP contribution in [0, 0.1) is 10.1 Å². The van der Waals surface area contributed by atoms with Gasteiger partial charge in [0.05, 0.1) is 4.92 Å². The zero-order chi connectivity index (χ0) is 13.0. The van der Waals surface area contributed by atoms with Crippen LogP contribution in [-0.2, 0) is 6.42 Å². The zero-order valence-corrected chi connectivity index (χ0v) is 9.98. The summed E-state index contributed by atoms with van der Waals surface area (Å²) in [6.45, 7) is 2.07. The quantitative estimate of drug-likeness (QED) is 0.611. The molecule has 18 heavy (non-hydrogen) atoms. The summed E-state index contributed by atoms with van der Waals surface area (Å²) in [5.41, 5.74) is 2.16. The van der Waals surface area contributed by atoms with E-state index in [-0.39, 0.29) is 11.6 Å². The molecule has 0 aliphatic heterocycles. The number of aromatic nitrogens is 2. The lowest BCUT2D eigenvalue weighted by atomic mass is 9.98. The molecule has 0 saturated carbocycles. The highest BCUT2D eigenvalue weighted by Gasteiger charge is 2.09. The van der Waals surface area contributed by atoms with Crippen LogP contribution in [0.2, 0.25) is 0 Å². The van der Waals surface area contributed by atoms with Crippen LogP contribution in [0.5, 0.6) is 0 Å². The van der Waals surface area contributed by atoms with Gasteiger partial charge >= 0.3 is 0 Å². The van der Waals surface area contributed by atoms with Gasteiger partial charge in [-0.2, -0.15) is 0 Å². The smallest absolute Gasteiger partial charge is 0.258 e. The third kappa shape index (κ3) is 2.88. The maximum atomic E-state index is 10.5. The number of non-ortho nitro benzene ring substituents is 1. The highest BCUT2D eigenvalue weighted by Crippen LogP contribution is 2.19. The second-order valence-electron chi connectivity index (χ2n) is 4.16. The van der Waals surface area contributed by atoms with Crippen LogP contribution < -0.4 is 0 Å². The Bertz CT molecular complexity index is 526. The van der Waals surface area contributed by atoms with Gasteiger partial charge in [-0.15, -0.1) is 0 Å². The van der Waals surface area contributed by atoms with Crippen molar-refractivity contribution in [1.82, 2.24) is 9.97 Å². The first-order chi connectivity index (χ1) is 8.66. The Balaban J connectivity index is 2.08. The molecule has 1 unspecified atom stereocenters. The Morgan fingerprint density at radius 1 is 1.28 bits per heavy atom. The van der Waals surface area contributed by atoms with Crippen LogP contribution in [0.25, 0.3) is 0 Å². The Kier molecular flexibility index (Phi) is 3.62. The van der Waals surface area contributed by atoms with E-state index in [4.69, 9.17) is 0 Å². The standard InChI is InChI=1S/C13H13N3O2/c1-10(13-6-7-14-9-15-13)8-11-2-4-12(5-3-11)16(17)18/h2-7,9-10H,8H2,1H3. The lowest BCUT2D eigenvalue weighted by Crippen LogP contribution is -2.01. The number of nitro groups is 1. The van der Waals surface area contributed by atoms with Gasteiger partial charge in [-0.25, -0.2) is 9.97 Å². The first-order valence-electron chi connectivity index (χ1n) is 5.66. The molecule has 1 atom stereocenters. The van der Waals surface area contributed by atoms with Gasteiger partial charge in [0.25, 0.3) is 5.69 Å². The fraction of sp³-hybridized carbons (Fsp3) is 0.231. The zero-order valence-electron chi connectivity index (χ0n) is 9.98. The van der Waals surface area contributed by atoms with Crippen molar-refractivity contribution >= 4 is 5.69 Å². The van der Waals surface area contributed by atoms with Crippen molar-refractivity contribution in [1.29, 1.82) is 0 Å². The van der Waals surface area contributed by atoms with Gasteiger partial charge < -0.3 is 0 Å². The molecule has 0 amide bonds. The minimum absolute atomic E-state index is 0.119. The molecule has 0 N–H and O–H groups in total. The van der Waals surface area contributed by atoms with Crippen molar-refractivity contribution < 1.29 is 4.92 Å². The van der Waals surface area contributed by atoms with E-state index in [0.717, 1.165) is 17.7 Å². The molecule has 0 bridgehead atoms. The fourth-order valence-electron chi connectivity index (χ4n) is 1.80. The monoisotopic (exact) mass is 243 g/mol. The molecular weight excluding hydrogens is 230 g/mol. The number of hydrogen-bond donors (Lipinski definition) is 0. The molecule has 2 aromatic rings. The molecule has 1 heterocycles. The Morgan fingerprint density at radius 2 is 2.00 bits per heavy atom. The molecule has 0 aliphatic rings. The lowest BCUT2D eigenvalue weighted by molar-refractivity contribution is -0.384. The average molecular weight is 243 g/mol. The predicted molar refractivity (Wildman–Crippen MR) is 67.2 cm³/mol. The molecule has 0 aliphatic carbocycles. The molecule has 0 fully saturated rings. The second-order valence-corrected chi connectivity index (χ2v) is 4.16. The van der Waals surface area contributed by atoms with E-state index in [1.165, 1.54) is 18.5 Å². The summed E-state index contributed by atoms with van der Waals surface area (Å²) in [4.78, 5) is 18.2. The molecule has 5 heteroatoms. The van der Waals surface area contributed by atoms with E-state index < -0.39 is 4.92 Å². The number of rotatable bonds is 4. The lowest BCUT2D eigenvalue weighted by Gasteiger charge is -2.10. The molecule has 1 aromatic carbocycles. The summed E-state index contributed by atoms with van der Waals surface area (Å²) in [5.74, 6) is 0.259. The van der Waals surface area contributed by atoms with Gasteiger partial charge in [0.1, 0.15) is 6.33 Å². The Hall–Kier alpha value is -2.30. The summed E-state index contributed by atoms with van der Waals surface area (Å²) in [6.07, 6.45) is 4.05. The largest absolute Gasteiger partial charge is 0.269 e. The van der Waals surface area contributed by atoms with Crippen molar-refractivity contribution in [3.05, 3.63) is 64.2 Å². The van der Waals surface area contributed by atoms with Crippen LogP contribution in [0.4, 0.5) is 5.69 Å². The molecule has 0 saturated heterocycles. The number of nitrogens with zero attached hydrogens (tertiary/aromatic N) is 3. The minimum Gasteiger partial charge on any atom is -0.258 e. The van der Waals surface area contributed by atoms with E-state index in [2.05, 4.69) is 16.9 Å². The molecule has 5 nitrogen and oxygen atoms in total. The van der Waals surface area contributed by atoms with Crippen LogP contribution >= 0.6 is 0 Å². The van der Waals surface area contributed by atoms with E-state index in [1.54, 1.807) is 18.3 Å². The van der Waals surface area contributed by atoms with Gasteiger partial charge in [-0.05, 0) is 18.1 Å². The molecule has 92 valence electrons. The van der Waals surface area contributed by atoms with Crippen LogP contribution in [-0.4, -0.2) is 14.9 Å². The van der Waals surface area contributed by atoms with Gasteiger partial charge in [-0.1, -0.05) is 19.1 Å². The van der Waals surface area contributed by atoms with E-state index in [0.29, 0.717) is 0 Å². The number of hydrogen-bond acceptors (Lipinski definition) is 4. The SMILES string of the molecule is CC(Cc1ccc([N+](=O)[O-])cc1)c1ccncn1. The number of nitro benzene ring substituents is 1. The van der Waals surface area contributed by atoms with Crippen molar-refractivity contribution in [2.24, 2.45) is 0 Å². The summed E-state index contributed by atoms with van der Waals surface area (Å²) in [5, 5.41) is 10.5. The van der Waals surface area contributed by atoms with E-state index in [9.17, 15) is 10.1 Å². The third-order valence-electron chi connectivity index (χ3n) is 2.80. The van der Waals surface area contributed by atoms with Gasteiger partial charge in [0, 0.05) is 29.9 Å². The van der Waals surface area contributed by atoms with Crippen molar-refractivity contribution in [2.75, 3.05) is 0 Å². The Morgan fingerprint density at radius 3 is 2.56 bits per heavy atom. The van der Waals surface area contributed by atoms with Gasteiger partial charge in [0.2, 0.25) is 0 Å². The van der Waals surface area contributed by atoms with Crippen molar-refractivity contribution in [3.63, 3.8) is 0 Å². The van der Waals surface area contributed by atoms with Crippen molar-refractivity contribution in [3.8, 4) is 0 Å². The maximum Gasteiger partial charge on any atom is 0.269 e. The number of benzene rings is 1. The normalized spacial score (nSPS) is 12.1. The minimum atomic E-state index is -0.391. The molecule has 0 spiro atoms. The van der Waals surface area contributed by atoms with Crippen LogP contribution in [0.1, 0.15) is 24.1 Å². The first-order valence-corrected chi connectivity index (χ1v) is 5.66. The van der Waals surface area contributed by atoms with E-state index in [1.807, 2.05) is 6.07 Å².